The molecule has 0 aliphatic carbocycles. The van der Waals surface area contributed by atoms with E-state index in [1.807, 2.05) is 0 Å². The minimum absolute atomic E-state index is 0.114. The van der Waals surface area contributed by atoms with Crippen LogP contribution in [-0.2, 0) is 6.54 Å². The highest BCUT2D eigenvalue weighted by molar-refractivity contribution is 6.30. The molecule has 1 rings (SSSR count). The molecule has 0 fully saturated rings. The molecule has 0 bridgehead atoms. The third kappa shape index (κ3) is 4.63. The van der Waals surface area contributed by atoms with Crippen LogP contribution in [0.4, 0.5) is 5.69 Å². The van der Waals surface area contributed by atoms with Gasteiger partial charge in [0.2, 0.25) is 0 Å². The number of nitro benzene ring substituents is 1. The van der Waals surface area contributed by atoms with Crippen molar-refractivity contribution in [2.75, 3.05) is 0 Å². The second kappa shape index (κ2) is 6.71. The van der Waals surface area contributed by atoms with Gasteiger partial charge >= 0.3 is 0 Å². The van der Waals surface area contributed by atoms with E-state index >= 15 is 0 Å². The molecule has 1 aromatic carbocycles. The van der Waals surface area contributed by atoms with Crippen molar-refractivity contribution in [2.24, 2.45) is 5.92 Å². The first-order valence-electron chi connectivity index (χ1n) is 6.06. The van der Waals surface area contributed by atoms with Crippen molar-refractivity contribution < 1.29 is 4.92 Å². The SMILES string of the molecule is CC(C)CC(C)NCc1cc(Cl)ccc1[N+](=O)[O-]. The highest BCUT2D eigenvalue weighted by Crippen LogP contribution is 2.22. The molecule has 1 unspecified atom stereocenters. The molecule has 0 aromatic heterocycles. The molecule has 18 heavy (non-hydrogen) atoms. The second-order valence-electron chi connectivity index (χ2n) is 4.94. The van der Waals surface area contributed by atoms with Crippen molar-refractivity contribution in [2.45, 2.75) is 39.8 Å². The van der Waals surface area contributed by atoms with Gasteiger partial charge in [0.25, 0.3) is 5.69 Å². The Bertz CT molecular complexity index is 421. The highest BCUT2D eigenvalue weighted by Gasteiger charge is 2.14. The standard InChI is InChI=1S/C13H19ClN2O2/c1-9(2)6-10(3)15-8-11-7-12(14)4-5-13(11)16(17)18/h4-5,7,9-10,15H,6,8H2,1-3H3. The fourth-order valence-corrected chi connectivity index (χ4v) is 2.14. The van der Waals surface area contributed by atoms with Gasteiger partial charge in [0.1, 0.15) is 0 Å². The Labute approximate surface area is 112 Å². The molecule has 5 heteroatoms. The van der Waals surface area contributed by atoms with Crippen molar-refractivity contribution in [1.29, 1.82) is 0 Å². The van der Waals surface area contributed by atoms with E-state index in [-0.39, 0.29) is 10.6 Å². The molecule has 1 atom stereocenters. The Morgan fingerprint density at radius 2 is 2.06 bits per heavy atom. The van der Waals surface area contributed by atoms with Gasteiger partial charge in [-0.15, -0.1) is 0 Å². The lowest BCUT2D eigenvalue weighted by atomic mass is 10.0. The van der Waals surface area contributed by atoms with Crippen molar-refractivity contribution in [1.82, 2.24) is 5.32 Å². The Hall–Kier alpha value is -1.13. The van der Waals surface area contributed by atoms with Crippen LogP contribution in [0.3, 0.4) is 0 Å². The predicted molar refractivity (Wildman–Crippen MR) is 73.9 cm³/mol. The van der Waals surface area contributed by atoms with Crippen LogP contribution < -0.4 is 5.32 Å². The van der Waals surface area contributed by atoms with Gasteiger partial charge in [-0.1, -0.05) is 25.4 Å². The van der Waals surface area contributed by atoms with E-state index < -0.39 is 0 Å². The number of nitro groups is 1. The fourth-order valence-electron chi connectivity index (χ4n) is 1.95. The summed E-state index contributed by atoms with van der Waals surface area (Å²) in [5.41, 5.74) is 0.742. The first-order chi connectivity index (χ1) is 8.40. The zero-order valence-corrected chi connectivity index (χ0v) is 11.7. The summed E-state index contributed by atoms with van der Waals surface area (Å²) in [6.45, 7) is 6.85. The lowest BCUT2D eigenvalue weighted by molar-refractivity contribution is -0.385. The summed E-state index contributed by atoms with van der Waals surface area (Å²) < 4.78 is 0. The number of nitrogens with zero attached hydrogens (tertiary/aromatic N) is 1. The van der Waals surface area contributed by atoms with Gasteiger partial charge in [-0.05, 0) is 31.4 Å². The van der Waals surface area contributed by atoms with Crippen LogP contribution in [0, 0.1) is 16.0 Å². The maximum absolute atomic E-state index is 10.9. The quantitative estimate of drug-likeness (QED) is 0.632. The molecular weight excluding hydrogens is 252 g/mol. The van der Waals surface area contributed by atoms with Crippen LogP contribution in [-0.4, -0.2) is 11.0 Å². The number of hydrogen-bond donors (Lipinski definition) is 1. The minimum atomic E-state index is -0.375. The Kier molecular flexibility index (Phi) is 5.56. The lowest BCUT2D eigenvalue weighted by Crippen LogP contribution is -2.27. The third-order valence-corrected chi connectivity index (χ3v) is 2.94. The average molecular weight is 271 g/mol. The number of halogens is 1. The van der Waals surface area contributed by atoms with Crippen molar-refractivity contribution in [3.8, 4) is 0 Å². The molecule has 0 heterocycles. The van der Waals surface area contributed by atoms with Gasteiger partial charge in [0.15, 0.2) is 0 Å². The average Bonchev–Trinajstić information content (AvgIpc) is 2.25. The molecule has 0 radical (unpaired) electrons. The first kappa shape index (κ1) is 14.9. The molecule has 100 valence electrons. The van der Waals surface area contributed by atoms with Crippen LogP contribution in [0.2, 0.25) is 5.02 Å². The summed E-state index contributed by atoms with van der Waals surface area (Å²) >= 11 is 5.87. The van der Waals surface area contributed by atoms with E-state index in [9.17, 15) is 10.1 Å². The predicted octanol–water partition coefficient (Wildman–Crippen LogP) is 3.77. The third-order valence-electron chi connectivity index (χ3n) is 2.70. The first-order valence-corrected chi connectivity index (χ1v) is 6.44. The number of hydrogen-bond acceptors (Lipinski definition) is 3. The van der Waals surface area contributed by atoms with E-state index in [2.05, 4.69) is 26.1 Å². The normalized spacial score (nSPS) is 12.7. The molecule has 0 saturated carbocycles. The summed E-state index contributed by atoms with van der Waals surface area (Å²) in [6, 6.07) is 4.96. The maximum atomic E-state index is 10.9. The number of nitrogens with one attached hydrogen (secondary N) is 1. The Morgan fingerprint density at radius 1 is 1.39 bits per heavy atom. The van der Waals surface area contributed by atoms with Crippen LogP contribution in [0.15, 0.2) is 18.2 Å². The van der Waals surface area contributed by atoms with Gasteiger partial charge in [0, 0.05) is 29.2 Å². The maximum Gasteiger partial charge on any atom is 0.273 e. The van der Waals surface area contributed by atoms with Crippen LogP contribution in [0.25, 0.3) is 0 Å². The lowest BCUT2D eigenvalue weighted by Gasteiger charge is -2.16. The smallest absolute Gasteiger partial charge is 0.273 e. The Morgan fingerprint density at radius 3 is 2.61 bits per heavy atom. The van der Waals surface area contributed by atoms with Gasteiger partial charge in [-0.3, -0.25) is 10.1 Å². The summed E-state index contributed by atoms with van der Waals surface area (Å²) in [6.07, 6.45) is 1.04. The molecular formula is C13H19ClN2O2. The van der Waals surface area contributed by atoms with E-state index in [0.29, 0.717) is 29.1 Å². The van der Waals surface area contributed by atoms with E-state index in [4.69, 9.17) is 11.6 Å². The summed E-state index contributed by atoms with van der Waals surface area (Å²) in [5, 5.41) is 14.7. The van der Waals surface area contributed by atoms with Crippen molar-refractivity contribution >= 4 is 17.3 Å². The van der Waals surface area contributed by atoms with Crippen molar-refractivity contribution in [3.63, 3.8) is 0 Å². The number of rotatable bonds is 6. The monoisotopic (exact) mass is 270 g/mol. The fraction of sp³-hybridized carbons (Fsp3) is 0.538. The minimum Gasteiger partial charge on any atom is -0.310 e. The van der Waals surface area contributed by atoms with Gasteiger partial charge in [0.05, 0.1) is 4.92 Å². The van der Waals surface area contributed by atoms with Crippen molar-refractivity contribution in [3.05, 3.63) is 38.9 Å². The topological polar surface area (TPSA) is 55.2 Å². The van der Waals surface area contributed by atoms with Gasteiger partial charge in [-0.2, -0.15) is 0 Å². The van der Waals surface area contributed by atoms with E-state index in [0.717, 1.165) is 6.42 Å². The molecule has 1 aromatic rings. The molecule has 4 nitrogen and oxygen atoms in total. The van der Waals surface area contributed by atoms with E-state index in [1.54, 1.807) is 12.1 Å². The zero-order chi connectivity index (χ0) is 13.7. The number of benzene rings is 1. The van der Waals surface area contributed by atoms with Crippen LogP contribution in [0.5, 0.6) is 0 Å². The largest absolute Gasteiger partial charge is 0.310 e. The molecule has 0 aliphatic rings. The summed E-state index contributed by atoms with van der Waals surface area (Å²) in [5.74, 6) is 0.599. The van der Waals surface area contributed by atoms with Crippen LogP contribution in [0.1, 0.15) is 32.8 Å². The van der Waals surface area contributed by atoms with Gasteiger partial charge in [-0.25, -0.2) is 0 Å². The van der Waals surface area contributed by atoms with E-state index in [1.165, 1.54) is 6.07 Å². The summed E-state index contributed by atoms with van der Waals surface area (Å²) in [7, 11) is 0. The molecule has 1 N–H and O–H groups in total. The molecule has 0 amide bonds. The Balaban J connectivity index is 2.71. The molecule has 0 aliphatic heterocycles. The van der Waals surface area contributed by atoms with Crippen LogP contribution >= 0.6 is 11.6 Å². The highest BCUT2D eigenvalue weighted by atomic mass is 35.5. The zero-order valence-electron chi connectivity index (χ0n) is 10.9. The second-order valence-corrected chi connectivity index (χ2v) is 5.38. The van der Waals surface area contributed by atoms with Gasteiger partial charge < -0.3 is 5.32 Å². The summed E-state index contributed by atoms with van der Waals surface area (Å²) in [4.78, 5) is 10.5. The molecule has 0 spiro atoms. The molecule has 0 saturated heterocycles.